The first kappa shape index (κ1) is 29.5. The predicted octanol–water partition coefficient (Wildman–Crippen LogP) is 5.99. The topological polar surface area (TPSA) is 37.3 Å². The number of hydrogen-bond acceptors (Lipinski definition) is 1. The van der Waals surface area contributed by atoms with Crippen LogP contribution in [-0.4, -0.2) is 63.8 Å². The molecule has 1 atom stereocenters. The molecule has 0 radical (unpaired) electrons. The zero-order valence-electron chi connectivity index (χ0n) is 13.0. The Balaban J connectivity index is 6.95. The highest BCUT2D eigenvalue weighted by Gasteiger charge is 2.96. The average molecular weight is 531 g/mol. The molecule has 31 heavy (non-hydrogen) atoms. The van der Waals surface area contributed by atoms with Gasteiger partial charge in [0.2, 0.25) is 0 Å². The molecule has 2 nitrogen and oxygen atoms in total. The summed E-state index contributed by atoms with van der Waals surface area (Å²) in [4.78, 5) is 9.96. The molecular formula is C10HClF18O2. The van der Waals surface area contributed by atoms with E-state index in [1.165, 1.54) is 0 Å². The van der Waals surface area contributed by atoms with Crippen LogP contribution in [0.4, 0.5) is 79.0 Å². The molecule has 0 aliphatic rings. The zero-order chi connectivity index (χ0) is 26.1. The van der Waals surface area contributed by atoms with E-state index in [2.05, 4.69) is 11.6 Å². The van der Waals surface area contributed by atoms with Crippen LogP contribution < -0.4 is 0 Å². The van der Waals surface area contributed by atoms with E-state index in [0.717, 1.165) is 0 Å². The Morgan fingerprint density at radius 1 is 0.484 bits per heavy atom. The maximum absolute atomic E-state index is 13.3. The highest BCUT2D eigenvalue weighted by Crippen LogP contribution is 2.65. The first-order valence-electron chi connectivity index (χ1n) is 6.27. The Hall–Kier alpha value is -1.50. The molecule has 1 unspecified atom stereocenters. The fraction of sp³-hybridized carbons (Fsp3) is 0.900. The van der Waals surface area contributed by atoms with Crippen LogP contribution in [0.5, 0.6) is 0 Å². The number of hydrogen-bond donors (Lipinski definition) is 1. The molecule has 0 aromatic carbocycles. The van der Waals surface area contributed by atoms with Gasteiger partial charge in [-0.1, -0.05) is 11.6 Å². The molecule has 0 saturated heterocycles. The summed E-state index contributed by atoms with van der Waals surface area (Å²) in [7, 11) is 0. The first-order chi connectivity index (χ1) is 12.9. The highest BCUT2D eigenvalue weighted by molar-refractivity contribution is 6.26. The van der Waals surface area contributed by atoms with Crippen molar-refractivity contribution < 1.29 is 88.9 Å². The molecule has 21 heteroatoms. The molecule has 0 fully saturated rings. The predicted molar refractivity (Wildman–Crippen MR) is 58.0 cm³/mol. The second kappa shape index (κ2) is 7.00. The lowest BCUT2D eigenvalue weighted by Crippen LogP contribution is -2.76. The van der Waals surface area contributed by atoms with E-state index in [0.29, 0.717) is 0 Å². The van der Waals surface area contributed by atoms with E-state index < -0.39 is 58.7 Å². The normalized spacial score (nSPS) is 18.0. The van der Waals surface area contributed by atoms with Gasteiger partial charge in [0.1, 0.15) is 0 Å². The van der Waals surface area contributed by atoms with Gasteiger partial charge in [-0.25, -0.2) is 9.18 Å². The first-order valence-corrected chi connectivity index (χ1v) is 6.65. The minimum Gasteiger partial charge on any atom is -0.477 e. The van der Waals surface area contributed by atoms with Gasteiger partial charge in [-0.05, 0) is 0 Å². The van der Waals surface area contributed by atoms with Crippen LogP contribution >= 0.6 is 11.6 Å². The molecule has 0 rings (SSSR count). The Morgan fingerprint density at radius 3 is 0.935 bits per heavy atom. The van der Waals surface area contributed by atoms with E-state index in [1.54, 1.807) is 0 Å². The molecular weight excluding hydrogens is 530 g/mol. The van der Waals surface area contributed by atoms with Crippen LogP contribution in [0.25, 0.3) is 0 Å². The van der Waals surface area contributed by atoms with Crippen molar-refractivity contribution in [3.63, 3.8) is 0 Å². The quantitative estimate of drug-likeness (QED) is 0.310. The van der Waals surface area contributed by atoms with Crippen LogP contribution in [-0.2, 0) is 4.79 Å². The van der Waals surface area contributed by atoms with Gasteiger partial charge in [0.25, 0.3) is 0 Å². The highest BCUT2D eigenvalue weighted by atomic mass is 35.5. The number of halogens is 19. The molecule has 0 bridgehead atoms. The molecule has 0 saturated carbocycles. The summed E-state index contributed by atoms with van der Waals surface area (Å²) >= 11 is 3.51. The lowest BCUT2D eigenvalue weighted by molar-refractivity contribution is -0.458. The van der Waals surface area contributed by atoms with E-state index in [9.17, 15) is 83.8 Å². The Morgan fingerprint density at radius 2 is 0.710 bits per heavy atom. The monoisotopic (exact) mass is 530 g/mol. The van der Waals surface area contributed by atoms with Crippen molar-refractivity contribution in [2.75, 3.05) is 0 Å². The summed E-state index contributed by atoms with van der Waals surface area (Å²) in [5, 5.41) is 0.411. The van der Waals surface area contributed by atoms with Crippen LogP contribution in [0.1, 0.15) is 0 Å². The third kappa shape index (κ3) is 3.42. The van der Waals surface area contributed by atoms with Crippen molar-refractivity contribution in [2.45, 2.75) is 52.8 Å². The van der Waals surface area contributed by atoms with Gasteiger partial charge in [-0.2, -0.15) is 74.6 Å². The zero-order valence-corrected chi connectivity index (χ0v) is 13.8. The minimum atomic E-state index is -8.90. The van der Waals surface area contributed by atoms with Gasteiger partial charge in [0.05, 0.1) is 0 Å². The molecule has 186 valence electrons. The van der Waals surface area contributed by atoms with Gasteiger partial charge in [0, 0.05) is 0 Å². The van der Waals surface area contributed by atoms with Crippen molar-refractivity contribution in [2.24, 2.45) is 0 Å². The summed E-state index contributed by atoms with van der Waals surface area (Å²) in [6.07, 6.45) is -7.90. The maximum atomic E-state index is 13.3. The second-order valence-corrected chi connectivity index (χ2v) is 5.92. The largest absolute Gasteiger partial charge is 0.477 e. The lowest BCUT2D eigenvalue weighted by atomic mass is 9.88. The number of rotatable bonds is 8. The van der Waals surface area contributed by atoms with E-state index in [1.807, 2.05) is 0 Å². The van der Waals surface area contributed by atoms with Crippen molar-refractivity contribution in [1.29, 1.82) is 0 Å². The molecule has 0 heterocycles. The summed E-state index contributed by atoms with van der Waals surface area (Å²) in [5.41, 5.74) is 0. The van der Waals surface area contributed by atoms with Crippen molar-refractivity contribution in [3.05, 3.63) is 0 Å². The number of aliphatic carboxylic acids is 1. The molecule has 1 N–H and O–H groups in total. The van der Waals surface area contributed by atoms with Crippen molar-refractivity contribution >= 4 is 17.6 Å². The SMILES string of the molecule is O=C(O)C(F)(F)C(F)(Cl)C(F)(F)C(F)(F)C(F)(F)C(F)(F)C(F)(F)C(F)(F)C(F)(F)F. The Bertz CT molecular complexity index is 707. The summed E-state index contributed by atoms with van der Waals surface area (Å²) in [6, 6.07) is 0. The molecule has 0 spiro atoms. The Kier molecular flexibility index (Phi) is 6.66. The average Bonchev–Trinajstić information content (AvgIpc) is 2.52. The van der Waals surface area contributed by atoms with E-state index in [-0.39, 0.29) is 0 Å². The Labute approximate surface area is 160 Å². The van der Waals surface area contributed by atoms with Gasteiger partial charge >= 0.3 is 58.7 Å². The molecule has 0 aliphatic heterocycles. The van der Waals surface area contributed by atoms with E-state index >= 15 is 0 Å². The smallest absolute Gasteiger partial charge is 0.460 e. The standard InChI is InChI=1S/C10HClF18O2/c11-3(14,2(12,13)1(30)31)4(15,16)5(17,18)6(19,20)7(21,22)8(23,24)9(25,26)10(27,28)29/h(H,30,31). The van der Waals surface area contributed by atoms with E-state index in [4.69, 9.17) is 5.11 Å². The van der Waals surface area contributed by atoms with Crippen LogP contribution in [0.3, 0.4) is 0 Å². The molecule has 0 aromatic rings. The van der Waals surface area contributed by atoms with Crippen molar-refractivity contribution in [1.82, 2.24) is 0 Å². The second-order valence-electron chi connectivity index (χ2n) is 5.40. The molecule has 0 amide bonds. The molecule has 0 aromatic heterocycles. The number of carboxylic acid groups (broad SMARTS) is 1. The summed E-state index contributed by atoms with van der Waals surface area (Å²) in [5.74, 6) is -63.2. The maximum Gasteiger partial charge on any atom is 0.460 e. The fourth-order valence-corrected chi connectivity index (χ4v) is 1.69. The van der Waals surface area contributed by atoms with Crippen LogP contribution in [0.15, 0.2) is 0 Å². The minimum absolute atomic E-state index is 3.51. The van der Waals surface area contributed by atoms with Gasteiger partial charge in [-0.3, -0.25) is 0 Å². The lowest BCUT2D eigenvalue weighted by Gasteiger charge is -2.43. The third-order valence-corrected chi connectivity index (χ3v) is 3.86. The van der Waals surface area contributed by atoms with Gasteiger partial charge < -0.3 is 5.11 Å². The molecule has 0 aliphatic carbocycles. The summed E-state index contributed by atoms with van der Waals surface area (Å²) < 4.78 is 231. The van der Waals surface area contributed by atoms with Gasteiger partial charge in [-0.15, -0.1) is 0 Å². The van der Waals surface area contributed by atoms with Crippen LogP contribution in [0.2, 0.25) is 0 Å². The van der Waals surface area contributed by atoms with Gasteiger partial charge in [0.15, 0.2) is 0 Å². The number of carboxylic acids is 1. The fourth-order valence-electron chi connectivity index (χ4n) is 1.50. The van der Waals surface area contributed by atoms with Crippen LogP contribution in [0, 0.1) is 0 Å². The summed E-state index contributed by atoms with van der Waals surface area (Å²) in [6.45, 7) is 0. The third-order valence-electron chi connectivity index (χ3n) is 3.38. The number of carbonyl (C=O) groups is 1. The van der Waals surface area contributed by atoms with Crippen molar-refractivity contribution in [3.8, 4) is 0 Å². The number of alkyl halides is 19.